The number of fused-ring (bicyclic) bond motifs is 1. The summed E-state index contributed by atoms with van der Waals surface area (Å²) in [7, 11) is -3.03. The molecule has 0 bridgehead atoms. The molecule has 1 N–H and O–H groups in total. The van der Waals surface area contributed by atoms with Crippen LogP contribution in [0.1, 0.15) is 54.2 Å². The lowest BCUT2D eigenvalue weighted by molar-refractivity contribution is -0.116. The Morgan fingerprint density at radius 1 is 1.27 bits per heavy atom. The molecule has 0 radical (unpaired) electrons. The van der Waals surface area contributed by atoms with Crippen LogP contribution in [-0.2, 0) is 21.2 Å². The van der Waals surface area contributed by atoms with Gasteiger partial charge in [-0.15, -0.1) is 0 Å². The summed E-state index contributed by atoms with van der Waals surface area (Å²) < 4.78 is 27.4. The summed E-state index contributed by atoms with van der Waals surface area (Å²) in [4.78, 5) is 12.4. The molecule has 2 aromatic heterocycles. The Kier molecular flexibility index (Phi) is 3.94. The van der Waals surface area contributed by atoms with Gasteiger partial charge in [-0.25, -0.2) is 13.1 Å². The zero-order valence-corrected chi connectivity index (χ0v) is 16.0. The molecule has 1 amide bonds. The minimum atomic E-state index is -3.03. The molecule has 2 aliphatic heterocycles. The van der Waals surface area contributed by atoms with Crippen molar-refractivity contribution >= 4 is 21.6 Å². The number of sulfone groups is 1. The summed E-state index contributed by atoms with van der Waals surface area (Å²) in [5, 5.41) is 12.1. The zero-order valence-electron chi connectivity index (χ0n) is 15.2. The standard InChI is InChI=1S/C17H23N5O3S/c1-4-21-8-14(10(2)19-21)13-7-15(23)18-17-16(13)11(3)20-22(17)12-5-6-26(24,25)9-12/h8,12-13H,4-7,9H2,1-3H3,(H,18,23)/t12-,13+/m0/s1. The summed E-state index contributed by atoms with van der Waals surface area (Å²) in [6.07, 6.45) is 2.88. The second kappa shape index (κ2) is 5.94. The Morgan fingerprint density at radius 3 is 2.65 bits per heavy atom. The highest BCUT2D eigenvalue weighted by Gasteiger charge is 2.38. The Hall–Kier alpha value is -2.16. The van der Waals surface area contributed by atoms with Crippen LogP contribution in [0.2, 0.25) is 0 Å². The molecule has 0 aliphatic carbocycles. The molecule has 0 aromatic carbocycles. The van der Waals surface area contributed by atoms with Gasteiger partial charge < -0.3 is 5.32 Å². The van der Waals surface area contributed by atoms with Crippen LogP contribution in [0.25, 0.3) is 0 Å². The van der Waals surface area contributed by atoms with Crippen LogP contribution in [0.5, 0.6) is 0 Å². The van der Waals surface area contributed by atoms with E-state index in [2.05, 4.69) is 15.5 Å². The van der Waals surface area contributed by atoms with Gasteiger partial charge in [-0.1, -0.05) is 0 Å². The molecular formula is C17H23N5O3S. The number of aromatic nitrogens is 4. The minimum Gasteiger partial charge on any atom is -0.311 e. The van der Waals surface area contributed by atoms with E-state index in [0.29, 0.717) is 18.7 Å². The Labute approximate surface area is 152 Å². The first-order chi connectivity index (χ1) is 12.3. The highest BCUT2D eigenvalue weighted by Crippen LogP contribution is 2.42. The van der Waals surface area contributed by atoms with Crippen molar-refractivity contribution in [3.8, 4) is 0 Å². The quantitative estimate of drug-likeness (QED) is 0.875. The average Bonchev–Trinajstić information content (AvgIpc) is 3.22. The van der Waals surface area contributed by atoms with E-state index >= 15 is 0 Å². The van der Waals surface area contributed by atoms with Gasteiger partial charge in [-0.2, -0.15) is 10.2 Å². The minimum absolute atomic E-state index is 0.0758. The maximum atomic E-state index is 12.4. The number of aryl methyl sites for hydroxylation is 3. The number of amides is 1. The molecule has 0 spiro atoms. The first-order valence-electron chi connectivity index (χ1n) is 8.92. The van der Waals surface area contributed by atoms with Gasteiger partial charge in [0.05, 0.1) is 28.9 Å². The largest absolute Gasteiger partial charge is 0.311 e. The molecule has 4 rings (SSSR count). The molecule has 1 fully saturated rings. The lowest BCUT2D eigenvalue weighted by Crippen LogP contribution is -2.26. The molecule has 4 heterocycles. The SMILES string of the molecule is CCn1cc([C@H]2CC(=O)Nc3c2c(C)nn3[C@H]2CCS(=O)(=O)C2)c(C)n1. The third-order valence-electron chi connectivity index (χ3n) is 5.37. The smallest absolute Gasteiger partial charge is 0.226 e. The molecular weight excluding hydrogens is 354 g/mol. The van der Waals surface area contributed by atoms with Crippen LogP contribution in [-0.4, -0.2) is 45.4 Å². The van der Waals surface area contributed by atoms with Crippen LogP contribution < -0.4 is 5.32 Å². The average molecular weight is 377 g/mol. The fourth-order valence-electron chi connectivity index (χ4n) is 4.11. The number of anilines is 1. The van der Waals surface area contributed by atoms with Gasteiger partial charge in [-0.05, 0) is 27.2 Å². The number of rotatable bonds is 3. The molecule has 2 aliphatic rings. The van der Waals surface area contributed by atoms with Crippen molar-refractivity contribution in [1.82, 2.24) is 19.6 Å². The highest BCUT2D eigenvalue weighted by molar-refractivity contribution is 7.91. The first-order valence-corrected chi connectivity index (χ1v) is 10.7. The second-order valence-electron chi connectivity index (χ2n) is 7.18. The van der Waals surface area contributed by atoms with Crippen molar-refractivity contribution < 1.29 is 13.2 Å². The van der Waals surface area contributed by atoms with Crippen LogP contribution in [0.3, 0.4) is 0 Å². The highest BCUT2D eigenvalue weighted by atomic mass is 32.2. The predicted molar refractivity (Wildman–Crippen MR) is 97.0 cm³/mol. The van der Waals surface area contributed by atoms with E-state index in [1.54, 1.807) is 4.68 Å². The lowest BCUT2D eigenvalue weighted by Gasteiger charge is -2.25. The fraction of sp³-hybridized carbons (Fsp3) is 0.588. The van der Waals surface area contributed by atoms with Crippen LogP contribution in [0.15, 0.2) is 6.20 Å². The van der Waals surface area contributed by atoms with E-state index in [4.69, 9.17) is 0 Å². The predicted octanol–water partition coefficient (Wildman–Crippen LogP) is 1.55. The van der Waals surface area contributed by atoms with E-state index in [9.17, 15) is 13.2 Å². The Morgan fingerprint density at radius 2 is 2.04 bits per heavy atom. The normalized spacial score (nSPS) is 24.5. The van der Waals surface area contributed by atoms with Crippen molar-refractivity contribution in [1.29, 1.82) is 0 Å². The number of hydrogen-bond acceptors (Lipinski definition) is 5. The molecule has 9 heteroatoms. The third kappa shape index (κ3) is 2.74. The van der Waals surface area contributed by atoms with Crippen molar-refractivity contribution in [3.05, 3.63) is 28.7 Å². The number of nitrogens with one attached hydrogen (secondary N) is 1. The maximum Gasteiger partial charge on any atom is 0.226 e. The van der Waals surface area contributed by atoms with E-state index < -0.39 is 9.84 Å². The molecule has 0 saturated carbocycles. The molecule has 0 unspecified atom stereocenters. The molecule has 2 aromatic rings. The molecule has 26 heavy (non-hydrogen) atoms. The van der Waals surface area contributed by atoms with Crippen LogP contribution in [0.4, 0.5) is 5.82 Å². The Bertz CT molecular complexity index is 988. The number of hydrogen-bond donors (Lipinski definition) is 1. The lowest BCUT2D eigenvalue weighted by atomic mass is 9.86. The van der Waals surface area contributed by atoms with Crippen molar-refractivity contribution in [2.75, 3.05) is 16.8 Å². The second-order valence-corrected chi connectivity index (χ2v) is 9.41. The number of carbonyl (C=O) groups excluding carboxylic acids is 1. The zero-order chi connectivity index (χ0) is 18.6. The molecule has 8 nitrogen and oxygen atoms in total. The van der Waals surface area contributed by atoms with E-state index in [1.165, 1.54) is 0 Å². The van der Waals surface area contributed by atoms with E-state index in [1.807, 2.05) is 31.6 Å². The van der Waals surface area contributed by atoms with Crippen molar-refractivity contribution in [2.24, 2.45) is 0 Å². The van der Waals surface area contributed by atoms with Crippen molar-refractivity contribution in [2.45, 2.75) is 52.1 Å². The molecule has 140 valence electrons. The number of nitrogens with zero attached hydrogens (tertiary/aromatic N) is 4. The van der Waals surface area contributed by atoms with Gasteiger partial charge in [0.1, 0.15) is 5.82 Å². The third-order valence-corrected chi connectivity index (χ3v) is 7.12. The van der Waals surface area contributed by atoms with Crippen LogP contribution >= 0.6 is 0 Å². The first kappa shape index (κ1) is 17.3. The van der Waals surface area contributed by atoms with Gasteiger partial charge in [0.15, 0.2) is 9.84 Å². The van der Waals surface area contributed by atoms with Gasteiger partial charge in [-0.3, -0.25) is 9.48 Å². The van der Waals surface area contributed by atoms with Gasteiger partial charge in [0, 0.05) is 36.2 Å². The Balaban J connectivity index is 1.81. The van der Waals surface area contributed by atoms with E-state index in [0.717, 1.165) is 29.1 Å². The monoisotopic (exact) mass is 377 g/mol. The summed E-state index contributed by atoms with van der Waals surface area (Å²) in [5.74, 6) is 0.715. The van der Waals surface area contributed by atoms with Crippen LogP contribution in [0, 0.1) is 13.8 Å². The number of carbonyl (C=O) groups is 1. The van der Waals surface area contributed by atoms with Gasteiger partial charge >= 0.3 is 0 Å². The maximum absolute atomic E-state index is 12.4. The summed E-state index contributed by atoms with van der Waals surface area (Å²) in [5.41, 5.74) is 3.75. The van der Waals surface area contributed by atoms with Gasteiger partial charge in [0.2, 0.25) is 5.91 Å². The molecule has 2 atom stereocenters. The van der Waals surface area contributed by atoms with Gasteiger partial charge in [0.25, 0.3) is 0 Å². The molecule has 1 saturated heterocycles. The summed E-state index contributed by atoms with van der Waals surface area (Å²) >= 11 is 0. The summed E-state index contributed by atoms with van der Waals surface area (Å²) in [6, 6.07) is -0.221. The van der Waals surface area contributed by atoms with E-state index in [-0.39, 0.29) is 29.4 Å². The fourth-order valence-corrected chi connectivity index (χ4v) is 5.80. The van der Waals surface area contributed by atoms with Crippen molar-refractivity contribution in [3.63, 3.8) is 0 Å². The summed E-state index contributed by atoms with van der Waals surface area (Å²) in [6.45, 7) is 6.67. The topological polar surface area (TPSA) is 98.9 Å².